The molecule has 0 unspecified atom stereocenters. The first-order valence-electron chi connectivity index (χ1n) is 3.04. The van der Waals surface area contributed by atoms with E-state index in [2.05, 4.69) is 13.3 Å². The Bertz CT molecular complexity index is 72.0. The van der Waals surface area contributed by atoms with Gasteiger partial charge in [0.15, 0.2) is 0 Å². The van der Waals surface area contributed by atoms with Crippen molar-refractivity contribution in [2.75, 3.05) is 27.9 Å². The van der Waals surface area contributed by atoms with E-state index in [9.17, 15) is 4.80 Å². The fourth-order valence-electron chi connectivity index (χ4n) is 0.250. The van der Waals surface area contributed by atoms with Crippen molar-refractivity contribution in [3.05, 3.63) is 0 Å². The maximum absolute atomic E-state index is 10.7. The van der Waals surface area contributed by atoms with Crippen LogP contribution in [0.4, 0.5) is 0 Å². The molecular formula is C5H14O5SiTi. The van der Waals surface area contributed by atoms with E-state index in [4.69, 9.17) is 5.11 Å². The molecule has 0 rings (SSSR count). The molecule has 0 aromatic carbocycles. The molecule has 0 N–H and O–H groups in total. The van der Waals surface area contributed by atoms with Crippen LogP contribution in [0.25, 0.3) is 0 Å². The zero-order chi connectivity index (χ0) is 9.33. The standard InChI is InChI=1S/C3H9O4Si.C2H5O.Ti/c1-5-8(4,6-2)7-3;1-2-3;/h1-3H3;2H2,1H3;/q2*-1;+2. The Morgan fingerprint density at radius 2 is 1.25 bits per heavy atom. The summed E-state index contributed by atoms with van der Waals surface area (Å²) in [6.07, 6.45) is 0. The first-order chi connectivity index (χ1) is 5.10. The fraction of sp³-hybridized carbons (Fsp3) is 1.00. The average molecular weight is 230 g/mol. The number of hydrogen-bond donors (Lipinski definition) is 0. The minimum absolute atomic E-state index is 0. The van der Waals surface area contributed by atoms with Crippen LogP contribution in [0, 0.1) is 0 Å². The summed E-state index contributed by atoms with van der Waals surface area (Å²) >= 11 is 0. The summed E-state index contributed by atoms with van der Waals surface area (Å²) in [6.45, 7) is 1.57. The van der Waals surface area contributed by atoms with Gasteiger partial charge in [-0.1, -0.05) is 6.92 Å². The molecule has 0 heterocycles. The molecule has 0 saturated carbocycles. The molecule has 0 bridgehead atoms. The Morgan fingerprint density at radius 1 is 1.08 bits per heavy atom. The van der Waals surface area contributed by atoms with Gasteiger partial charge in [0.05, 0.1) is 0 Å². The molecule has 12 heavy (non-hydrogen) atoms. The van der Waals surface area contributed by atoms with Gasteiger partial charge in [-0.25, -0.2) is 0 Å². The molecule has 5 nitrogen and oxygen atoms in total. The molecule has 0 aliphatic heterocycles. The van der Waals surface area contributed by atoms with Crippen LogP contribution in [0.15, 0.2) is 0 Å². The number of hydrogen-bond acceptors (Lipinski definition) is 5. The summed E-state index contributed by atoms with van der Waals surface area (Å²) in [5, 5.41) is 8.93. The van der Waals surface area contributed by atoms with Gasteiger partial charge in [-0.3, -0.25) is 0 Å². The second kappa shape index (κ2) is 11.7. The molecule has 0 aliphatic carbocycles. The Balaban J connectivity index is -0.000000177. The number of rotatable bonds is 3. The van der Waals surface area contributed by atoms with Gasteiger partial charge in [-0.15, -0.1) is 6.61 Å². The van der Waals surface area contributed by atoms with Crippen molar-refractivity contribution in [1.29, 1.82) is 0 Å². The van der Waals surface area contributed by atoms with Crippen LogP contribution >= 0.6 is 0 Å². The Morgan fingerprint density at radius 3 is 1.25 bits per heavy atom. The van der Waals surface area contributed by atoms with E-state index >= 15 is 0 Å². The van der Waals surface area contributed by atoms with Crippen molar-refractivity contribution in [3.63, 3.8) is 0 Å². The largest absolute Gasteiger partial charge is 2.00 e. The Labute approximate surface area is 89.0 Å². The second-order valence-corrected chi connectivity index (χ2v) is 3.63. The second-order valence-electron chi connectivity index (χ2n) is 1.40. The maximum Gasteiger partial charge on any atom is 2.00 e. The van der Waals surface area contributed by atoms with Gasteiger partial charge in [0.25, 0.3) is 0 Å². The van der Waals surface area contributed by atoms with Crippen molar-refractivity contribution >= 4 is 9.05 Å². The molecule has 72 valence electrons. The molecule has 0 amide bonds. The monoisotopic (exact) mass is 230 g/mol. The Kier molecular flexibility index (Phi) is 18.1. The maximum atomic E-state index is 10.7. The molecule has 0 fully saturated rings. The van der Waals surface area contributed by atoms with E-state index in [0.29, 0.717) is 0 Å². The molecule has 0 spiro atoms. The van der Waals surface area contributed by atoms with Crippen LogP contribution in [-0.2, 0) is 35.0 Å². The third kappa shape index (κ3) is 10.7. The van der Waals surface area contributed by atoms with Gasteiger partial charge in [0.1, 0.15) is 0 Å². The molecule has 0 aliphatic rings. The topological polar surface area (TPSA) is 73.8 Å². The van der Waals surface area contributed by atoms with Gasteiger partial charge in [0.2, 0.25) is 0 Å². The van der Waals surface area contributed by atoms with E-state index in [1.807, 2.05) is 0 Å². The smallest absolute Gasteiger partial charge is 0.855 e. The van der Waals surface area contributed by atoms with Crippen LogP contribution < -0.4 is 9.90 Å². The van der Waals surface area contributed by atoms with E-state index < -0.39 is 9.05 Å². The third-order valence-corrected chi connectivity index (χ3v) is 2.25. The van der Waals surface area contributed by atoms with Crippen molar-refractivity contribution in [2.45, 2.75) is 6.92 Å². The zero-order valence-corrected chi connectivity index (χ0v) is 10.3. The quantitative estimate of drug-likeness (QED) is 0.529. The molecule has 0 atom stereocenters. The SMILES string of the molecule is CC[O-].CO[Si]([O-])(OC)OC.[Ti+2]. The van der Waals surface area contributed by atoms with Crippen molar-refractivity contribution < 1.29 is 44.9 Å². The van der Waals surface area contributed by atoms with Crippen LogP contribution in [0.2, 0.25) is 0 Å². The minimum atomic E-state index is -3.42. The first-order valence-corrected chi connectivity index (χ1v) is 4.67. The predicted octanol–water partition coefficient (Wildman–Crippen LogP) is -1.91. The van der Waals surface area contributed by atoms with E-state index in [1.54, 1.807) is 6.92 Å². The Hall–Kier alpha value is 0.731. The van der Waals surface area contributed by atoms with Crippen molar-refractivity contribution in [3.8, 4) is 0 Å². The first kappa shape index (κ1) is 18.5. The van der Waals surface area contributed by atoms with Crippen molar-refractivity contribution in [2.24, 2.45) is 0 Å². The van der Waals surface area contributed by atoms with Crippen LogP contribution in [0.3, 0.4) is 0 Å². The fourth-order valence-corrected chi connectivity index (χ4v) is 0.750. The third-order valence-electron chi connectivity index (χ3n) is 0.750. The summed E-state index contributed by atoms with van der Waals surface area (Å²) in [6, 6.07) is 0. The molecule has 0 saturated heterocycles. The summed E-state index contributed by atoms with van der Waals surface area (Å²) in [7, 11) is 0.389. The minimum Gasteiger partial charge on any atom is -0.855 e. The zero-order valence-electron chi connectivity index (χ0n) is 7.75. The predicted molar refractivity (Wildman–Crippen MR) is 37.3 cm³/mol. The summed E-state index contributed by atoms with van der Waals surface area (Å²) in [4.78, 5) is 10.7. The van der Waals surface area contributed by atoms with E-state index in [-0.39, 0.29) is 28.3 Å². The van der Waals surface area contributed by atoms with Crippen molar-refractivity contribution in [1.82, 2.24) is 0 Å². The van der Waals surface area contributed by atoms with Gasteiger partial charge < -0.3 is 23.2 Å². The van der Waals surface area contributed by atoms with Crippen LogP contribution in [0.1, 0.15) is 6.92 Å². The summed E-state index contributed by atoms with van der Waals surface area (Å²) < 4.78 is 13.1. The van der Waals surface area contributed by atoms with Crippen LogP contribution in [-0.4, -0.2) is 37.0 Å². The van der Waals surface area contributed by atoms with Gasteiger partial charge in [-0.2, -0.15) is 0 Å². The average Bonchev–Trinajstić information content (AvgIpc) is 2.05. The van der Waals surface area contributed by atoms with Crippen LogP contribution in [0.5, 0.6) is 0 Å². The molecule has 0 aromatic heterocycles. The van der Waals surface area contributed by atoms with Gasteiger partial charge >= 0.3 is 30.8 Å². The molecule has 0 radical (unpaired) electrons. The summed E-state index contributed by atoms with van der Waals surface area (Å²) in [5.41, 5.74) is 0. The summed E-state index contributed by atoms with van der Waals surface area (Å²) in [5.74, 6) is 0. The molecule has 7 heteroatoms. The molecular weight excluding hydrogens is 216 g/mol. The molecule has 0 aromatic rings. The normalized spacial score (nSPS) is 9.50. The van der Waals surface area contributed by atoms with Gasteiger partial charge in [0, 0.05) is 21.3 Å². The van der Waals surface area contributed by atoms with E-state index in [0.717, 1.165) is 0 Å². The van der Waals surface area contributed by atoms with Gasteiger partial charge in [-0.05, 0) is 0 Å². The van der Waals surface area contributed by atoms with E-state index in [1.165, 1.54) is 21.3 Å².